The molecule has 1 aromatic rings. The number of phenols is 1. The van der Waals surface area contributed by atoms with Crippen LogP contribution in [0, 0.1) is 0 Å². The molecule has 0 aliphatic carbocycles. The number of aliphatic hydroxyl groups excluding tert-OH is 1. The number of nitrogens with one attached hydrogen (secondary N) is 1. The topological polar surface area (TPSA) is 61.7 Å². The molecule has 1 atom stereocenters. The van der Waals surface area contributed by atoms with Gasteiger partial charge in [-0.25, -0.2) is 0 Å². The molecule has 0 spiro atoms. The summed E-state index contributed by atoms with van der Waals surface area (Å²) in [6.07, 6.45) is 9.05. The highest BCUT2D eigenvalue weighted by Crippen LogP contribution is 2.34. The third-order valence-corrected chi connectivity index (χ3v) is 3.78. The van der Waals surface area contributed by atoms with Crippen molar-refractivity contribution in [3.05, 3.63) is 48.1 Å². The number of methoxy groups -OCH3 is 1. The molecule has 1 aromatic carbocycles. The summed E-state index contributed by atoms with van der Waals surface area (Å²) < 4.78 is 5.23. The maximum absolute atomic E-state index is 10.4. The molecule has 0 saturated carbocycles. The summed E-state index contributed by atoms with van der Waals surface area (Å²) in [7, 11) is 1.57. The molecule has 25 heavy (non-hydrogen) atoms. The first-order valence-corrected chi connectivity index (χ1v) is 9.11. The number of hydrogen-bond acceptors (Lipinski definition) is 4. The molecule has 1 unspecified atom stereocenters. The van der Waals surface area contributed by atoms with Crippen molar-refractivity contribution < 1.29 is 14.9 Å². The number of aliphatic hydroxyl groups is 1. The third-order valence-electron chi connectivity index (χ3n) is 3.78. The number of aromatic hydroxyl groups is 1. The Morgan fingerprint density at radius 3 is 2.60 bits per heavy atom. The van der Waals surface area contributed by atoms with Gasteiger partial charge in [-0.15, -0.1) is 6.58 Å². The minimum absolute atomic E-state index is 0.0653. The molecule has 3 N–H and O–H groups in total. The summed E-state index contributed by atoms with van der Waals surface area (Å²) in [5, 5.41) is 22.5. The van der Waals surface area contributed by atoms with Crippen molar-refractivity contribution >= 4 is 0 Å². The van der Waals surface area contributed by atoms with E-state index in [1.807, 2.05) is 38.1 Å². The molecule has 0 heterocycles. The van der Waals surface area contributed by atoms with Crippen molar-refractivity contribution in [2.75, 3.05) is 20.3 Å². The Bertz CT molecular complexity index is 512. The second-order valence-corrected chi connectivity index (χ2v) is 5.60. The van der Waals surface area contributed by atoms with E-state index in [0.717, 1.165) is 43.4 Å². The molecule has 1 rings (SSSR count). The van der Waals surface area contributed by atoms with Crippen molar-refractivity contribution in [2.45, 2.75) is 52.5 Å². The molecule has 0 aromatic heterocycles. The molecule has 0 bridgehead atoms. The summed E-state index contributed by atoms with van der Waals surface area (Å²) in [4.78, 5) is 0. The quantitative estimate of drug-likeness (QED) is 0.417. The van der Waals surface area contributed by atoms with Gasteiger partial charge in [0, 0.05) is 18.2 Å². The van der Waals surface area contributed by atoms with Crippen molar-refractivity contribution in [3.63, 3.8) is 0 Å². The number of rotatable bonds is 11. The Kier molecular flexibility index (Phi) is 13.5. The normalized spacial score (nSPS) is 11.7. The molecular weight excluding hydrogens is 314 g/mol. The van der Waals surface area contributed by atoms with E-state index >= 15 is 0 Å². The SMILES string of the molecule is C=CCCCc1c(CC(C)NC/C=C\CO)ccc(OC)c1O.CC. The highest BCUT2D eigenvalue weighted by atomic mass is 16.5. The van der Waals surface area contributed by atoms with Gasteiger partial charge < -0.3 is 20.3 Å². The molecule has 0 aliphatic heterocycles. The Morgan fingerprint density at radius 1 is 1.28 bits per heavy atom. The first-order valence-electron chi connectivity index (χ1n) is 9.11. The maximum Gasteiger partial charge on any atom is 0.161 e. The fraction of sp³-hybridized carbons (Fsp3) is 0.524. The van der Waals surface area contributed by atoms with E-state index in [1.165, 1.54) is 0 Å². The van der Waals surface area contributed by atoms with Gasteiger partial charge in [0.1, 0.15) is 0 Å². The van der Waals surface area contributed by atoms with E-state index in [2.05, 4.69) is 18.8 Å². The first-order chi connectivity index (χ1) is 12.1. The molecule has 0 radical (unpaired) electrons. The van der Waals surface area contributed by atoms with Gasteiger partial charge in [-0.1, -0.05) is 38.1 Å². The van der Waals surface area contributed by atoms with Crippen LogP contribution in [0.5, 0.6) is 11.5 Å². The predicted octanol–water partition coefficient (Wildman–Crippen LogP) is 4.00. The van der Waals surface area contributed by atoms with E-state index in [1.54, 1.807) is 13.2 Å². The summed E-state index contributed by atoms with van der Waals surface area (Å²) in [5.41, 5.74) is 2.10. The highest BCUT2D eigenvalue weighted by molar-refractivity contribution is 5.50. The monoisotopic (exact) mass is 349 g/mol. The minimum atomic E-state index is 0.0653. The van der Waals surface area contributed by atoms with Gasteiger partial charge in [0.2, 0.25) is 0 Å². The second kappa shape index (κ2) is 14.6. The summed E-state index contributed by atoms with van der Waals surface area (Å²) in [6.45, 7) is 10.6. The largest absolute Gasteiger partial charge is 0.504 e. The lowest BCUT2D eigenvalue weighted by Crippen LogP contribution is -2.28. The fourth-order valence-corrected chi connectivity index (χ4v) is 2.54. The van der Waals surface area contributed by atoms with Crippen molar-refractivity contribution in [1.82, 2.24) is 5.32 Å². The van der Waals surface area contributed by atoms with Crippen LogP contribution in [0.15, 0.2) is 36.9 Å². The summed E-state index contributed by atoms with van der Waals surface area (Å²) >= 11 is 0. The molecule has 4 heteroatoms. The minimum Gasteiger partial charge on any atom is -0.504 e. The van der Waals surface area contributed by atoms with Crippen LogP contribution in [0.25, 0.3) is 0 Å². The standard InChI is InChI=1S/C19H29NO3.C2H6/c1-4-5-6-9-17-16(10-11-18(23-3)19(17)22)14-15(2)20-12-7-8-13-21;1-2/h4,7-8,10-11,15,20-22H,1,5-6,9,12-14H2,2-3H3;1-2H3/b8-7-;. The Labute approximate surface area is 153 Å². The van der Waals surface area contributed by atoms with Crippen molar-refractivity contribution in [2.24, 2.45) is 0 Å². The molecule has 0 fully saturated rings. The van der Waals surface area contributed by atoms with Gasteiger partial charge in [0.15, 0.2) is 11.5 Å². The molecular formula is C21H35NO3. The van der Waals surface area contributed by atoms with Crippen LogP contribution in [0.2, 0.25) is 0 Å². The van der Waals surface area contributed by atoms with Crippen LogP contribution in [0.4, 0.5) is 0 Å². The van der Waals surface area contributed by atoms with Gasteiger partial charge in [-0.05, 0) is 44.2 Å². The predicted molar refractivity (Wildman–Crippen MR) is 107 cm³/mol. The highest BCUT2D eigenvalue weighted by Gasteiger charge is 2.14. The lowest BCUT2D eigenvalue weighted by Gasteiger charge is -2.18. The van der Waals surface area contributed by atoms with Gasteiger partial charge in [-0.3, -0.25) is 0 Å². The first kappa shape index (κ1) is 23.2. The number of allylic oxidation sites excluding steroid dienone is 1. The second-order valence-electron chi connectivity index (χ2n) is 5.60. The van der Waals surface area contributed by atoms with Crippen molar-refractivity contribution in [1.29, 1.82) is 0 Å². The summed E-state index contributed by atoms with van der Waals surface area (Å²) in [5.74, 6) is 0.773. The lowest BCUT2D eigenvalue weighted by molar-refractivity contribution is 0.342. The molecule has 142 valence electrons. The molecule has 0 amide bonds. The zero-order chi connectivity index (χ0) is 19.1. The van der Waals surface area contributed by atoms with Gasteiger partial charge in [-0.2, -0.15) is 0 Å². The van der Waals surface area contributed by atoms with E-state index in [4.69, 9.17) is 9.84 Å². The zero-order valence-corrected chi connectivity index (χ0v) is 16.2. The maximum atomic E-state index is 10.4. The number of unbranched alkanes of at least 4 members (excludes halogenated alkanes) is 1. The van der Waals surface area contributed by atoms with Crippen molar-refractivity contribution in [3.8, 4) is 11.5 Å². The Balaban J connectivity index is 0.00000277. The Hall–Kier alpha value is -1.78. The van der Waals surface area contributed by atoms with Crippen LogP contribution in [-0.4, -0.2) is 36.5 Å². The average molecular weight is 350 g/mol. The molecule has 0 aliphatic rings. The number of hydrogen-bond donors (Lipinski definition) is 3. The lowest BCUT2D eigenvalue weighted by atomic mass is 9.95. The smallest absolute Gasteiger partial charge is 0.161 e. The van der Waals surface area contributed by atoms with Gasteiger partial charge in [0.25, 0.3) is 0 Å². The Morgan fingerprint density at radius 2 is 2.00 bits per heavy atom. The van der Waals surface area contributed by atoms with E-state index in [-0.39, 0.29) is 18.4 Å². The van der Waals surface area contributed by atoms with E-state index in [9.17, 15) is 5.11 Å². The van der Waals surface area contributed by atoms with Gasteiger partial charge >= 0.3 is 0 Å². The van der Waals surface area contributed by atoms with Crippen LogP contribution in [-0.2, 0) is 12.8 Å². The molecule has 0 saturated heterocycles. The van der Waals surface area contributed by atoms with E-state index < -0.39 is 0 Å². The third kappa shape index (κ3) is 8.75. The fourth-order valence-electron chi connectivity index (χ4n) is 2.54. The van der Waals surface area contributed by atoms with E-state index in [0.29, 0.717) is 5.75 Å². The number of ether oxygens (including phenoxy) is 1. The van der Waals surface area contributed by atoms with Crippen LogP contribution >= 0.6 is 0 Å². The van der Waals surface area contributed by atoms with Crippen LogP contribution in [0.3, 0.4) is 0 Å². The van der Waals surface area contributed by atoms with Crippen LogP contribution < -0.4 is 10.1 Å². The van der Waals surface area contributed by atoms with Crippen LogP contribution in [0.1, 0.15) is 44.7 Å². The number of phenolic OH excluding ortho intramolecular Hbond substituents is 1. The van der Waals surface area contributed by atoms with Gasteiger partial charge in [0.05, 0.1) is 13.7 Å². The summed E-state index contributed by atoms with van der Waals surface area (Å²) in [6, 6.07) is 4.12. The zero-order valence-electron chi connectivity index (χ0n) is 16.2. The molecule has 4 nitrogen and oxygen atoms in total. The number of benzene rings is 1. The average Bonchev–Trinajstić information content (AvgIpc) is 2.63.